The second-order valence-corrected chi connectivity index (χ2v) is 5.29. The van der Waals surface area contributed by atoms with Crippen LogP contribution in [0.5, 0.6) is 0 Å². The summed E-state index contributed by atoms with van der Waals surface area (Å²) >= 11 is 0. The Morgan fingerprint density at radius 2 is 2.00 bits per heavy atom. The number of hydrogen-bond donors (Lipinski definition) is 3. The standard InChI is InChI=1S/C15H20N2O3/c16-12(9-10-5-2-1-3-6-10)14(18)17-13-8-4-7-11(13)15(19)20/h1-3,5-6,11-13H,4,7-9,16H2,(H,17,18)(H,19,20)/t11?,12-,13?/m1/s1. The lowest BCUT2D eigenvalue weighted by molar-refractivity contribution is -0.142. The molecule has 0 bridgehead atoms. The van der Waals surface area contributed by atoms with Crippen LogP contribution in [0.15, 0.2) is 30.3 Å². The molecule has 2 unspecified atom stereocenters. The first-order valence-electron chi connectivity index (χ1n) is 6.90. The molecule has 108 valence electrons. The predicted octanol–water partition coefficient (Wildman–Crippen LogP) is 0.926. The van der Waals surface area contributed by atoms with Gasteiger partial charge in [0.15, 0.2) is 0 Å². The Morgan fingerprint density at radius 1 is 1.30 bits per heavy atom. The first-order valence-corrected chi connectivity index (χ1v) is 6.90. The van der Waals surface area contributed by atoms with Gasteiger partial charge in [-0.3, -0.25) is 9.59 Å². The maximum Gasteiger partial charge on any atom is 0.308 e. The molecule has 3 atom stereocenters. The molecule has 0 radical (unpaired) electrons. The van der Waals surface area contributed by atoms with E-state index >= 15 is 0 Å². The molecule has 0 saturated heterocycles. The van der Waals surface area contributed by atoms with Crippen molar-refractivity contribution in [3.05, 3.63) is 35.9 Å². The lowest BCUT2D eigenvalue weighted by Gasteiger charge is -2.20. The second-order valence-electron chi connectivity index (χ2n) is 5.29. The fourth-order valence-electron chi connectivity index (χ4n) is 2.68. The highest BCUT2D eigenvalue weighted by molar-refractivity contribution is 5.83. The third-order valence-electron chi connectivity index (χ3n) is 3.80. The molecule has 5 heteroatoms. The van der Waals surface area contributed by atoms with E-state index in [0.717, 1.165) is 12.0 Å². The summed E-state index contributed by atoms with van der Waals surface area (Å²) in [5, 5.41) is 11.9. The SMILES string of the molecule is N[C@H](Cc1ccccc1)C(=O)NC1CCCC1C(=O)O. The van der Waals surface area contributed by atoms with Gasteiger partial charge in [-0.15, -0.1) is 0 Å². The highest BCUT2D eigenvalue weighted by Crippen LogP contribution is 2.25. The number of nitrogens with one attached hydrogen (secondary N) is 1. The molecule has 1 fully saturated rings. The summed E-state index contributed by atoms with van der Waals surface area (Å²) in [5.41, 5.74) is 6.89. The molecule has 0 spiro atoms. The summed E-state index contributed by atoms with van der Waals surface area (Å²) in [4.78, 5) is 23.1. The average Bonchev–Trinajstić information content (AvgIpc) is 2.88. The lowest BCUT2D eigenvalue weighted by Crippen LogP contribution is -2.48. The van der Waals surface area contributed by atoms with Gasteiger partial charge < -0.3 is 16.2 Å². The highest BCUT2D eigenvalue weighted by atomic mass is 16.4. The Bertz CT molecular complexity index is 475. The number of benzene rings is 1. The van der Waals surface area contributed by atoms with E-state index in [2.05, 4.69) is 5.32 Å². The van der Waals surface area contributed by atoms with Crippen molar-refractivity contribution in [2.75, 3.05) is 0 Å². The molecule has 20 heavy (non-hydrogen) atoms. The van der Waals surface area contributed by atoms with Crippen molar-refractivity contribution in [1.29, 1.82) is 0 Å². The van der Waals surface area contributed by atoms with Gasteiger partial charge in [0.05, 0.1) is 12.0 Å². The van der Waals surface area contributed by atoms with Crippen LogP contribution in [0.4, 0.5) is 0 Å². The molecule has 1 saturated carbocycles. The van der Waals surface area contributed by atoms with E-state index in [9.17, 15) is 9.59 Å². The van der Waals surface area contributed by atoms with E-state index in [-0.39, 0.29) is 11.9 Å². The van der Waals surface area contributed by atoms with Gasteiger partial charge in [0.2, 0.25) is 5.91 Å². The Kier molecular flexibility index (Phi) is 4.74. The monoisotopic (exact) mass is 276 g/mol. The van der Waals surface area contributed by atoms with Crippen molar-refractivity contribution >= 4 is 11.9 Å². The van der Waals surface area contributed by atoms with Gasteiger partial charge in [0, 0.05) is 6.04 Å². The first-order chi connectivity index (χ1) is 9.58. The van der Waals surface area contributed by atoms with Crippen LogP contribution in [0.1, 0.15) is 24.8 Å². The van der Waals surface area contributed by atoms with Crippen LogP contribution in [0.2, 0.25) is 0 Å². The summed E-state index contributed by atoms with van der Waals surface area (Å²) < 4.78 is 0. The minimum Gasteiger partial charge on any atom is -0.481 e. The van der Waals surface area contributed by atoms with Crippen molar-refractivity contribution in [3.8, 4) is 0 Å². The average molecular weight is 276 g/mol. The van der Waals surface area contributed by atoms with Crippen molar-refractivity contribution in [3.63, 3.8) is 0 Å². The second kappa shape index (κ2) is 6.52. The van der Waals surface area contributed by atoms with Crippen LogP contribution in [-0.4, -0.2) is 29.1 Å². The fourth-order valence-corrected chi connectivity index (χ4v) is 2.68. The molecular formula is C15H20N2O3. The van der Waals surface area contributed by atoms with Gasteiger partial charge >= 0.3 is 5.97 Å². The molecule has 1 amide bonds. The number of carbonyl (C=O) groups excluding carboxylic acids is 1. The van der Waals surface area contributed by atoms with Crippen LogP contribution in [0.3, 0.4) is 0 Å². The highest BCUT2D eigenvalue weighted by Gasteiger charge is 2.34. The summed E-state index contributed by atoms with van der Waals surface area (Å²) in [7, 11) is 0. The van der Waals surface area contributed by atoms with E-state index in [4.69, 9.17) is 10.8 Å². The number of hydrogen-bond acceptors (Lipinski definition) is 3. The zero-order valence-electron chi connectivity index (χ0n) is 11.3. The zero-order valence-corrected chi connectivity index (χ0v) is 11.3. The van der Waals surface area contributed by atoms with Gasteiger partial charge in [-0.2, -0.15) is 0 Å². The van der Waals surface area contributed by atoms with Gasteiger partial charge in [0.25, 0.3) is 0 Å². The first kappa shape index (κ1) is 14.5. The van der Waals surface area contributed by atoms with Gasteiger partial charge in [-0.25, -0.2) is 0 Å². The number of carboxylic acids is 1. The van der Waals surface area contributed by atoms with E-state index < -0.39 is 17.9 Å². The number of nitrogens with two attached hydrogens (primary N) is 1. The molecule has 0 heterocycles. The topological polar surface area (TPSA) is 92.4 Å². The molecular weight excluding hydrogens is 256 g/mol. The van der Waals surface area contributed by atoms with Crippen LogP contribution in [0, 0.1) is 5.92 Å². The molecule has 5 nitrogen and oxygen atoms in total. The molecule has 4 N–H and O–H groups in total. The van der Waals surface area contributed by atoms with Crippen molar-refractivity contribution in [2.45, 2.75) is 37.8 Å². The lowest BCUT2D eigenvalue weighted by atomic mass is 10.0. The minimum absolute atomic E-state index is 0.271. The largest absolute Gasteiger partial charge is 0.481 e. The van der Waals surface area contributed by atoms with Gasteiger partial charge in [-0.1, -0.05) is 36.8 Å². The maximum atomic E-state index is 12.0. The molecule has 1 aliphatic carbocycles. The summed E-state index contributed by atoms with van der Waals surface area (Å²) in [6, 6.07) is 8.61. The number of carbonyl (C=O) groups is 2. The summed E-state index contributed by atoms with van der Waals surface area (Å²) in [5.74, 6) is -1.60. The number of amides is 1. The Hall–Kier alpha value is -1.88. The van der Waals surface area contributed by atoms with E-state index in [1.807, 2.05) is 30.3 Å². The van der Waals surface area contributed by atoms with Crippen molar-refractivity contribution < 1.29 is 14.7 Å². The van der Waals surface area contributed by atoms with E-state index in [1.54, 1.807) is 0 Å². The summed E-state index contributed by atoms with van der Waals surface area (Å²) in [6.07, 6.45) is 2.61. The normalized spacial score (nSPS) is 23.2. The Labute approximate surface area is 118 Å². The van der Waals surface area contributed by atoms with Gasteiger partial charge in [-0.05, 0) is 24.8 Å². The predicted molar refractivity (Wildman–Crippen MR) is 75.0 cm³/mol. The molecule has 1 aromatic rings. The molecule has 1 aliphatic rings. The number of aliphatic carboxylic acids is 1. The molecule has 0 aliphatic heterocycles. The van der Waals surface area contributed by atoms with E-state index in [0.29, 0.717) is 19.3 Å². The van der Waals surface area contributed by atoms with Gasteiger partial charge in [0.1, 0.15) is 0 Å². The molecule has 0 aromatic heterocycles. The van der Waals surface area contributed by atoms with Crippen molar-refractivity contribution in [1.82, 2.24) is 5.32 Å². The fraction of sp³-hybridized carbons (Fsp3) is 0.467. The Balaban J connectivity index is 1.89. The third kappa shape index (κ3) is 3.57. The van der Waals surface area contributed by atoms with Crippen molar-refractivity contribution in [2.24, 2.45) is 11.7 Å². The molecule has 1 aromatic carbocycles. The minimum atomic E-state index is -0.843. The zero-order chi connectivity index (χ0) is 14.5. The van der Waals surface area contributed by atoms with Crippen LogP contribution >= 0.6 is 0 Å². The Morgan fingerprint density at radius 3 is 2.65 bits per heavy atom. The number of carboxylic acid groups (broad SMARTS) is 1. The number of rotatable bonds is 5. The van der Waals surface area contributed by atoms with Crippen LogP contribution < -0.4 is 11.1 Å². The molecule has 2 rings (SSSR count). The smallest absolute Gasteiger partial charge is 0.308 e. The quantitative estimate of drug-likeness (QED) is 0.746. The third-order valence-corrected chi connectivity index (χ3v) is 3.80. The summed E-state index contributed by atoms with van der Waals surface area (Å²) in [6.45, 7) is 0. The maximum absolute atomic E-state index is 12.0. The van der Waals surface area contributed by atoms with Crippen LogP contribution in [-0.2, 0) is 16.0 Å². The van der Waals surface area contributed by atoms with E-state index in [1.165, 1.54) is 0 Å². The van der Waals surface area contributed by atoms with Crippen LogP contribution in [0.25, 0.3) is 0 Å².